The molecule has 3 aromatic rings. The van der Waals surface area contributed by atoms with Crippen LogP contribution in [0.15, 0.2) is 58.8 Å². The maximum absolute atomic E-state index is 12.9. The van der Waals surface area contributed by atoms with Crippen LogP contribution in [-0.2, 0) is 10.0 Å². The molecular weight excluding hydrogens is 456 g/mol. The number of nitrogens with one attached hydrogen (secondary N) is 1. The van der Waals surface area contributed by atoms with Gasteiger partial charge in [0.05, 0.1) is 10.6 Å². The zero-order valence-electron chi connectivity index (χ0n) is 19.0. The molecule has 0 aliphatic carbocycles. The van der Waals surface area contributed by atoms with Crippen molar-refractivity contribution in [2.24, 2.45) is 0 Å². The standard InChI is InChI=1S/C24H28N4O3S2/c1-17(2)18-4-6-19(7-5-18)22-16-32-24(25-22)26-23(29)20-8-10-21(11-9-20)33(30,31)28-14-12-27(3)13-15-28/h4-11,16-17H,12-15H2,1-3H3,(H,25,26,29). The third-order valence-electron chi connectivity index (χ3n) is 5.81. The van der Waals surface area contributed by atoms with Gasteiger partial charge in [0.2, 0.25) is 10.0 Å². The van der Waals surface area contributed by atoms with Crippen LogP contribution in [0.3, 0.4) is 0 Å². The number of hydrogen-bond acceptors (Lipinski definition) is 6. The van der Waals surface area contributed by atoms with E-state index in [9.17, 15) is 13.2 Å². The Morgan fingerprint density at radius 3 is 2.24 bits per heavy atom. The normalized spacial score (nSPS) is 15.6. The fourth-order valence-corrected chi connectivity index (χ4v) is 5.76. The maximum atomic E-state index is 12.9. The molecule has 1 fully saturated rings. The Hall–Kier alpha value is -2.59. The van der Waals surface area contributed by atoms with E-state index in [0.717, 1.165) is 11.3 Å². The lowest BCUT2D eigenvalue weighted by atomic mass is 10.0. The van der Waals surface area contributed by atoms with Gasteiger partial charge >= 0.3 is 0 Å². The van der Waals surface area contributed by atoms with Gasteiger partial charge in [0.15, 0.2) is 5.13 Å². The summed E-state index contributed by atoms with van der Waals surface area (Å²) in [7, 11) is -1.58. The molecule has 1 aliphatic rings. The van der Waals surface area contributed by atoms with Gasteiger partial charge in [-0.3, -0.25) is 10.1 Å². The van der Waals surface area contributed by atoms with E-state index in [1.165, 1.54) is 45.5 Å². The molecule has 1 amide bonds. The van der Waals surface area contributed by atoms with Crippen molar-refractivity contribution in [2.75, 3.05) is 38.5 Å². The summed E-state index contributed by atoms with van der Waals surface area (Å²) in [5.74, 6) is 0.141. The van der Waals surface area contributed by atoms with Crippen LogP contribution in [0.5, 0.6) is 0 Å². The van der Waals surface area contributed by atoms with Crippen molar-refractivity contribution in [1.29, 1.82) is 0 Å². The Bertz CT molecular complexity index is 1210. The molecule has 1 N–H and O–H groups in total. The molecule has 1 aromatic heterocycles. The predicted octanol–water partition coefficient (Wildman–Crippen LogP) is 4.12. The van der Waals surface area contributed by atoms with Gasteiger partial charge in [-0.25, -0.2) is 13.4 Å². The van der Waals surface area contributed by atoms with E-state index < -0.39 is 10.0 Å². The summed E-state index contributed by atoms with van der Waals surface area (Å²) in [5, 5.41) is 5.21. The van der Waals surface area contributed by atoms with Crippen molar-refractivity contribution in [2.45, 2.75) is 24.7 Å². The van der Waals surface area contributed by atoms with Gasteiger partial charge < -0.3 is 4.90 Å². The van der Waals surface area contributed by atoms with Gasteiger partial charge in [-0.1, -0.05) is 38.1 Å². The number of anilines is 1. The summed E-state index contributed by atoms with van der Waals surface area (Å²) in [6.45, 7) is 6.65. The van der Waals surface area contributed by atoms with E-state index in [-0.39, 0.29) is 10.8 Å². The van der Waals surface area contributed by atoms with Crippen LogP contribution in [0.2, 0.25) is 0 Å². The second kappa shape index (κ2) is 9.72. The number of carbonyl (C=O) groups excluding carboxylic acids is 1. The summed E-state index contributed by atoms with van der Waals surface area (Å²) in [5.41, 5.74) is 3.44. The number of rotatable bonds is 6. The molecule has 1 aliphatic heterocycles. The highest BCUT2D eigenvalue weighted by molar-refractivity contribution is 7.89. The van der Waals surface area contributed by atoms with Gasteiger partial charge in [0, 0.05) is 42.7 Å². The lowest BCUT2D eigenvalue weighted by Crippen LogP contribution is -2.47. The highest BCUT2D eigenvalue weighted by Crippen LogP contribution is 2.27. The summed E-state index contributed by atoms with van der Waals surface area (Å²) in [6, 6.07) is 14.3. The molecule has 9 heteroatoms. The molecule has 7 nitrogen and oxygen atoms in total. The number of likely N-dealkylation sites (N-methyl/N-ethyl adjacent to an activating group) is 1. The van der Waals surface area contributed by atoms with Crippen molar-refractivity contribution in [1.82, 2.24) is 14.2 Å². The molecule has 2 aromatic carbocycles. The number of sulfonamides is 1. The SMILES string of the molecule is CC(C)c1ccc(-c2csc(NC(=O)c3ccc(S(=O)(=O)N4CCN(C)CC4)cc3)n2)cc1. The third kappa shape index (κ3) is 5.33. The lowest BCUT2D eigenvalue weighted by Gasteiger charge is -2.31. The molecule has 174 valence electrons. The van der Waals surface area contributed by atoms with E-state index in [4.69, 9.17) is 0 Å². The number of amides is 1. The average Bonchev–Trinajstić information content (AvgIpc) is 3.28. The Balaban J connectivity index is 1.42. The first-order valence-electron chi connectivity index (χ1n) is 10.9. The van der Waals surface area contributed by atoms with Crippen LogP contribution < -0.4 is 5.32 Å². The molecule has 0 unspecified atom stereocenters. The molecule has 4 rings (SSSR count). The number of nitrogens with zero attached hydrogens (tertiary/aromatic N) is 3. The molecule has 2 heterocycles. The van der Waals surface area contributed by atoms with Gasteiger partial charge in [-0.2, -0.15) is 4.31 Å². The zero-order valence-corrected chi connectivity index (χ0v) is 20.6. The van der Waals surface area contributed by atoms with Crippen LogP contribution in [0.4, 0.5) is 5.13 Å². The highest BCUT2D eigenvalue weighted by atomic mass is 32.2. The highest BCUT2D eigenvalue weighted by Gasteiger charge is 2.27. The molecule has 33 heavy (non-hydrogen) atoms. The van der Waals surface area contributed by atoms with Crippen LogP contribution in [0.25, 0.3) is 11.3 Å². The largest absolute Gasteiger partial charge is 0.304 e. The topological polar surface area (TPSA) is 82.6 Å². The predicted molar refractivity (Wildman–Crippen MR) is 132 cm³/mol. The Kier molecular flexibility index (Phi) is 6.94. The molecule has 0 spiro atoms. The summed E-state index contributed by atoms with van der Waals surface area (Å²) in [6.07, 6.45) is 0. The smallest absolute Gasteiger partial charge is 0.257 e. The van der Waals surface area contributed by atoms with Gasteiger partial charge in [-0.15, -0.1) is 11.3 Å². The van der Waals surface area contributed by atoms with Crippen LogP contribution in [0, 0.1) is 0 Å². The third-order valence-corrected chi connectivity index (χ3v) is 8.48. The molecule has 0 radical (unpaired) electrons. The van der Waals surface area contributed by atoms with Gasteiger partial charge in [0.25, 0.3) is 5.91 Å². The molecule has 0 saturated carbocycles. The Labute approximate surface area is 199 Å². The fourth-order valence-electron chi connectivity index (χ4n) is 3.63. The van der Waals surface area contributed by atoms with Crippen molar-refractivity contribution in [3.05, 3.63) is 65.0 Å². The summed E-state index contributed by atoms with van der Waals surface area (Å²) >= 11 is 1.35. The number of benzene rings is 2. The van der Waals surface area contributed by atoms with Crippen molar-refractivity contribution < 1.29 is 13.2 Å². The van der Waals surface area contributed by atoms with Crippen molar-refractivity contribution in [3.8, 4) is 11.3 Å². The molecular formula is C24H28N4O3S2. The van der Waals surface area contributed by atoms with E-state index in [1.807, 2.05) is 24.6 Å². The first-order chi connectivity index (χ1) is 15.7. The van der Waals surface area contributed by atoms with Crippen molar-refractivity contribution >= 4 is 32.4 Å². The van der Waals surface area contributed by atoms with Gasteiger partial charge in [0.1, 0.15) is 0 Å². The van der Waals surface area contributed by atoms with E-state index in [1.54, 1.807) is 0 Å². The van der Waals surface area contributed by atoms with Gasteiger partial charge in [-0.05, 0) is 42.8 Å². The second-order valence-corrected chi connectivity index (χ2v) is 11.3. The first kappa shape index (κ1) is 23.6. The van der Waals surface area contributed by atoms with E-state index in [0.29, 0.717) is 42.8 Å². The lowest BCUT2D eigenvalue weighted by molar-refractivity contribution is 0.102. The number of aromatic nitrogens is 1. The summed E-state index contributed by atoms with van der Waals surface area (Å²) < 4.78 is 27.2. The Morgan fingerprint density at radius 2 is 1.64 bits per heavy atom. The summed E-state index contributed by atoms with van der Waals surface area (Å²) in [4.78, 5) is 19.5. The number of hydrogen-bond donors (Lipinski definition) is 1. The monoisotopic (exact) mass is 484 g/mol. The van der Waals surface area contributed by atoms with Crippen LogP contribution >= 0.6 is 11.3 Å². The van der Waals surface area contributed by atoms with Crippen LogP contribution in [-0.4, -0.2) is 61.7 Å². The second-order valence-electron chi connectivity index (χ2n) is 8.50. The molecule has 0 bridgehead atoms. The minimum atomic E-state index is -3.56. The fraction of sp³-hybridized carbons (Fsp3) is 0.333. The minimum absolute atomic E-state index is 0.199. The molecule has 0 atom stereocenters. The number of carbonyl (C=O) groups is 1. The quantitative estimate of drug-likeness (QED) is 0.569. The number of piperazine rings is 1. The zero-order chi connectivity index (χ0) is 23.6. The average molecular weight is 485 g/mol. The number of thiazole rings is 1. The Morgan fingerprint density at radius 1 is 1.00 bits per heavy atom. The van der Waals surface area contributed by atoms with E-state index >= 15 is 0 Å². The minimum Gasteiger partial charge on any atom is -0.304 e. The molecule has 1 saturated heterocycles. The maximum Gasteiger partial charge on any atom is 0.257 e. The first-order valence-corrected chi connectivity index (χ1v) is 13.2. The van der Waals surface area contributed by atoms with Crippen LogP contribution in [0.1, 0.15) is 35.7 Å². The van der Waals surface area contributed by atoms with Crippen molar-refractivity contribution in [3.63, 3.8) is 0 Å². The van der Waals surface area contributed by atoms with E-state index in [2.05, 4.69) is 41.2 Å².